The van der Waals surface area contributed by atoms with Gasteiger partial charge in [-0.3, -0.25) is 4.79 Å². The summed E-state index contributed by atoms with van der Waals surface area (Å²) in [5, 5.41) is 3.59. The Labute approximate surface area is 112 Å². The van der Waals surface area contributed by atoms with Crippen molar-refractivity contribution in [1.82, 2.24) is 10.2 Å². The molecule has 1 aliphatic carbocycles. The number of nitrogens with one attached hydrogen (secondary N) is 1. The first-order valence-electron chi connectivity index (χ1n) is 7.53. The zero-order valence-corrected chi connectivity index (χ0v) is 12.5. The maximum absolute atomic E-state index is 12.0. The van der Waals surface area contributed by atoms with Crippen LogP contribution in [-0.2, 0) is 4.79 Å². The molecule has 0 aromatic heterocycles. The Hall–Kier alpha value is -0.570. The third-order valence-electron chi connectivity index (χ3n) is 3.90. The van der Waals surface area contributed by atoms with Gasteiger partial charge in [0.1, 0.15) is 0 Å². The van der Waals surface area contributed by atoms with E-state index in [9.17, 15) is 4.79 Å². The zero-order chi connectivity index (χ0) is 13.5. The maximum Gasteiger partial charge on any atom is 0.222 e. The van der Waals surface area contributed by atoms with Crippen LogP contribution in [0, 0.1) is 5.92 Å². The molecule has 0 aliphatic heterocycles. The zero-order valence-electron chi connectivity index (χ0n) is 12.5. The molecule has 0 heterocycles. The molecule has 1 saturated carbocycles. The average molecular weight is 254 g/mol. The fourth-order valence-corrected chi connectivity index (χ4v) is 2.71. The summed E-state index contributed by atoms with van der Waals surface area (Å²) in [7, 11) is 1.98. The minimum absolute atomic E-state index is 0.315. The second-order valence-corrected chi connectivity index (χ2v) is 6.06. The first kappa shape index (κ1) is 15.5. The van der Waals surface area contributed by atoms with E-state index in [1.165, 1.54) is 19.3 Å². The molecule has 0 spiro atoms. The fourth-order valence-electron chi connectivity index (χ4n) is 2.71. The molecule has 18 heavy (non-hydrogen) atoms. The molecule has 106 valence electrons. The van der Waals surface area contributed by atoms with E-state index in [1.807, 2.05) is 11.9 Å². The number of hydrogen-bond acceptors (Lipinski definition) is 2. The molecule has 1 N–H and O–H groups in total. The van der Waals surface area contributed by atoms with Crippen LogP contribution in [0.15, 0.2) is 0 Å². The molecule has 0 unspecified atom stereocenters. The molecule has 0 radical (unpaired) electrons. The Kier molecular flexibility index (Phi) is 6.69. The lowest BCUT2D eigenvalue weighted by molar-refractivity contribution is -0.133. The van der Waals surface area contributed by atoms with Crippen molar-refractivity contribution >= 4 is 5.91 Å². The van der Waals surface area contributed by atoms with Crippen molar-refractivity contribution in [1.29, 1.82) is 0 Å². The number of carbonyl (C=O) groups is 1. The van der Waals surface area contributed by atoms with Crippen LogP contribution in [0.1, 0.15) is 59.3 Å². The van der Waals surface area contributed by atoms with Crippen molar-refractivity contribution in [3.05, 3.63) is 0 Å². The van der Waals surface area contributed by atoms with Crippen molar-refractivity contribution in [2.24, 2.45) is 5.92 Å². The molecule has 1 fully saturated rings. The second-order valence-electron chi connectivity index (χ2n) is 6.06. The first-order chi connectivity index (χ1) is 8.54. The summed E-state index contributed by atoms with van der Waals surface area (Å²) < 4.78 is 0. The van der Waals surface area contributed by atoms with Crippen LogP contribution in [0.4, 0.5) is 0 Å². The minimum Gasteiger partial charge on any atom is -0.343 e. The Balaban J connectivity index is 2.31. The Morgan fingerprint density at radius 2 is 1.89 bits per heavy atom. The molecule has 0 saturated heterocycles. The van der Waals surface area contributed by atoms with Crippen molar-refractivity contribution in [3.63, 3.8) is 0 Å². The predicted octanol–water partition coefficient (Wildman–Crippen LogP) is 2.80. The molecule has 3 nitrogen and oxygen atoms in total. The minimum atomic E-state index is 0.315. The lowest BCUT2D eigenvalue weighted by Gasteiger charge is -2.35. The largest absolute Gasteiger partial charge is 0.343 e. The van der Waals surface area contributed by atoms with Gasteiger partial charge in [-0.25, -0.2) is 0 Å². The van der Waals surface area contributed by atoms with Gasteiger partial charge in [0.15, 0.2) is 0 Å². The van der Waals surface area contributed by atoms with E-state index >= 15 is 0 Å². The monoisotopic (exact) mass is 254 g/mol. The van der Waals surface area contributed by atoms with Gasteiger partial charge in [-0.05, 0) is 44.6 Å². The molecule has 0 aromatic carbocycles. The summed E-state index contributed by atoms with van der Waals surface area (Å²) in [6, 6.07) is 1.14. The van der Waals surface area contributed by atoms with Crippen LogP contribution in [0.2, 0.25) is 0 Å². The Morgan fingerprint density at radius 3 is 2.39 bits per heavy atom. The number of hydrogen-bond donors (Lipinski definition) is 1. The van der Waals surface area contributed by atoms with Crippen molar-refractivity contribution in [3.8, 4) is 0 Å². The van der Waals surface area contributed by atoms with Crippen molar-refractivity contribution in [2.45, 2.75) is 71.4 Å². The normalized spacial score (nSPS) is 24.3. The fraction of sp³-hybridized carbons (Fsp3) is 0.933. The van der Waals surface area contributed by atoms with Crippen LogP contribution in [0.3, 0.4) is 0 Å². The SMILES string of the molecule is CCCNC1CCC(N(C)C(=O)CC(C)C)CC1. The summed E-state index contributed by atoms with van der Waals surface area (Å²) in [6.45, 7) is 7.54. The Bertz CT molecular complexity index is 245. The van der Waals surface area contributed by atoms with E-state index < -0.39 is 0 Å². The topological polar surface area (TPSA) is 32.3 Å². The molecular formula is C15H30N2O. The smallest absolute Gasteiger partial charge is 0.222 e. The van der Waals surface area contributed by atoms with E-state index in [0.717, 1.165) is 19.4 Å². The second kappa shape index (κ2) is 7.78. The predicted molar refractivity (Wildman–Crippen MR) is 76.6 cm³/mol. The maximum atomic E-state index is 12.0. The highest BCUT2D eigenvalue weighted by molar-refractivity contribution is 5.76. The van der Waals surface area contributed by atoms with Gasteiger partial charge in [0, 0.05) is 25.6 Å². The molecule has 1 aliphatic rings. The van der Waals surface area contributed by atoms with Crippen LogP contribution in [0.5, 0.6) is 0 Å². The number of amides is 1. The standard InChI is InChI=1S/C15H30N2O/c1-5-10-16-13-6-8-14(9-7-13)17(4)15(18)11-12(2)3/h12-14,16H,5-11H2,1-4H3. The highest BCUT2D eigenvalue weighted by atomic mass is 16.2. The third-order valence-corrected chi connectivity index (χ3v) is 3.90. The van der Waals surface area contributed by atoms with Gasteiger partial charge in [0.05, 0.1) is 0 Å². The third kappa shape index (κ3) is 4.97. The van der Waals surface area contributed by atoms with Gasteiger partial charge in [-0.15, -0.1) is 0 Å². The van der Waals surface area contributed by atoms with Gasteiger partial charge in [0.2, 0.25) is 5.91 Å². The van der Waals surface area contributed by atoms with E-state index in [4.69, 9.17) is 0 Å². The van der Waals surface area contributed by atoms with Crippen LogP contribution in [0.25, 0.3) is 0 Å². The molecule has 0 aromatic rings. The van der Waals surface area contributed by atoms with Gasteiger partial charge in [-0.1, -0.05) is 20.8 Å². The van der Waals surface area contributed by atoms with Crippen molar-refractivity contribution < 1.29 is 4.79 Å². The summed E-state index contributed by atoms with van der Waals surface area (Å²) in [6.07, 6.45) is 6.62. The summed E-state index contributed by atoms with van der Waals surface area (Å²) in [5.74, 6) is 0.775. The first-order valence-corrected chi connectivity index (χ1v) is 7.53. The van der Waals surface area contributed by atoms with Crippen LogP contribution < -0.4 is 5.32 Å². The van der Waals surface area contributed by atoms with Gasteiger partial charge in [0.25, 0.3) is 0 Å². The van der Waals surface area contributed by atoms with Gasteiger partial charge < -0.3 is 10.2 Å². The summed E-state index contributed by atoms with van der Waals surface area (Å²) in [5.41, 5.74) is 0. The van der Waals surface area contributed by atoms with Crippen LogP contribution in [-0.4, -0.2) is 36.5 Å². The summed E-state index contributed by atoms with van der Waals surface area (Å²) >= 11 is 0. The molecule has 3 heteroatoms. The quantitative estimate of drug-likeness (QED) is 0.790. The number of nitrogens with zero attached hydrogens (tertiary/aromatic N) is 1. The van der Waals surface area contributed by atoms with E-state index in [2.05, 4.69) is 26.1 Å². The van der Waals surface area contributed by atoms with Gasteiger partial charge in [-0.2, -0.15) is 0 Å². The highest BCUT2D eigenvalue weighted by Gasteiger charge is 2.26. The van der Waals surface area contributed by atoms with Crippen molar-refractivity contribution in [2.75, 3.05) is 13.6 Å². The van der Waals surface area contributed by atoms with Crippen LogP contribution >= 0.6 is 0 Å². The number of rotatable bonds is 6. The molecule has 1 rings (SSSR count). The van der Waals surface area contributed by atoms with E-state index in [0.29, 0.717) is 30.3 Å². The van der Waals surface area contributed by atoms with Gasteiger partial charge >= 0.3 is 0 Å². The lowest BCUT2D eigenvalue weighted by Crippen LogP contribution is -2.43. The lowest BCUT2D eigenvalue weighted by atomic mass is 9.90. The molecule has 1 amide bonds. The molecule has 0 atom stereocenters. The molecular weight excluding hydrogens is 224 g/mol. The highest BCUT2D eigenvalue weighted by Crippen LogP contribution is 2.23. The average Bonchev–Trinajstić information content (AvgIpc) is 2.35. The molecule has 0 bridgehead atoms. The Morgan fingerprint density at radius 1 is 1.28 bits per heavy atom. The van der Waals surface area contributed by atoms with E-state index in [-0.39, 0.29) is 0 Å². The summed E-state index contributed by atoms with van der Waals surface area (Å²) in [4.78, 5) is 14.0. The number of carbonyl (C=O) groups excluding carboxylic acids is 1. The van der Waals surface area contributed by atoms with E-state index in [1.54, 1.807) is 0 Å².